The molecule has 1 amide bonds. The third-order valence-corrected chi connectivity index (χ3v) is 9.42. The van der Waals surface area contributed by atoms with Crippen molar-refractivity contribution in [3.63, 3.8) is 0 Å². The Labute approximate surface area is 211 Å². The van der Waals surface area contributed by atoms with Gasteiger partial charge < -0.3 is 15.2 Å². The summed E-state index contributed by atoms with van der Waals surface area (Å²) >= 11 is 6.96. The minimum atomic E-state index is -4.21. The molecule has 0 aliphatic heterocycles. The first kappa shape index (κ1) is 25.2. The van der Waals surface area contributed by atoms with E-state index in [0.717, 1.165) is 16.9 Å². The second-order valence-electron chi connectivity index (χ2n) is 8.14. The van der Waals surface area contributed by atoms with Gasteiger partial charge in [-0.25, -0.2) is 13.2 Å². The van der Waals surface area contributed by atoms with Gasteiger partial charge in [-0.1, -0.05) is 54.1 Å². The molecule has 1 aliphatic carbocycles. The zero-order valence-electron chi connectivity index (χ0n) is 18.7. The van der Waals surface area contributed by atoms with Crippen molar-refractivity contribution >= 4 is 45.0 Å². The highest BCUT2D eigenvalue weighted by Crippen LogP contribution is 2.58. The molecule has 2 atom stereocenters. The Bertz CT molecular complexity index is 1340. The van der Waals surface area contributed by atoms with Crippen LogP contribution in [0.15, 0.2) is 70.9 Å². The first-order valence-corrected chi connectivity index (χ1v) is 13.4. The first-order chi connectivity index (χ1) is 16.6. The number of nitrogens with one attached hydrogen (secondary N) is 2. The summed E-state index contributed by atoms with van der Waals surface area (Å²) in [4.78, 5) is 25.2. The fourth-order valence-corrected chi connectivity index (χ4v) is 7.07. The molecule has 3 aromatic rings. The van der Waals surface area contributed by atoms with Crippen LogP contribution in [0.2, 0.25) is 5.02 Å². The van der Waals surface area contributed by atoms with Crippen LogP contribution in [0, 0.1) is 0 Å². The smallest absolute Gasteiger partial charge is 0.407 e. The monoisotopic (exact) mass is 534 g/mol. The van der Waals surface area contributed by atoms with Crippen LogP contribution in [0.1, 0.15) is 18.9 Å². The summed E-state index contributed by atoms with van der Waals surface area (Å²) in [6.45, 7) is 1.68. The molecule has 3 N–H and O–H groups in total. The van der Waals surface area contributed by atoms with E-state index in [1.807, 2.05) is 0 Å². The molecule has 35 heavy (non-hydrogen) atoms. The number of rotatable bonds is 9. The molecule has 1 heterocycles. The molecular formula is C24H23ClN2O6S2. The molecule has 184 valence electrons. The number of aliphatic carboxylic acids is 1. The van der Waals surface area contributed by atoms with Crippen molar-refractivity contribution in [3.8, 4) is 10.4 Å². The number of hydrogen-bond donors (Lipinski definition) is 3. The van der Waals surface area contributed by atoms with Crippen LogP contribution >= 0.6 is 22.9 Å². The van der Waals surface area contributed by atoms with Crippen LogP contribution in [-0.4, -0.2) is 44.3 Å². The molecule has 1 saturated carbocycles. The lowest BCUT2D eigenvalue weighted by molar-refractivity contribution is -0.140. The summed E-state index contributed by atoms with van der Waals surface area (Å²) in [5.74, 6) is -1.33. The molecule has 0 saturated heterocycles. The average molecular weight is 535 g/mol. The van der Waals surface area contributed by atoms with E-state index in [-0.39, 0.29) is 23.8 Å². The average Bonchev–Trinajstić information content (AvgIpc) is 3.21. The van der Waals surface area contributed by atoms with Crippen molar-refractivity contribution in [1.82, 2.24) is 10.0 Å². The van der Waals surface area contributed by atoms with Gasteiger partial charge in [0.25, 0.3) is 10.0 Å². The standard InChI is InChI=1S/C24H23ClN2O6S2/c1-2-33-22(30)26-15-23(17-6-4-3-5-7-17)14-24(23,21(28)29)27-35(31,32)20-13-12-19(34-20)16-8-10-18(25)11-9-16/h3-13,27H,2,14-15H2,1H3,(H,26,30)(H,28,29). The number of benzene rings is 2. The van der Waals surface area contributed by atoms with Crippen molar-refractivity contribution < 1.29 is 27.9 Å². The van der Waals surface area contributed by atoms with Crippen molar-refractivity contribution in [3.05, 3.63) is 77.3 Å². The molecule has 1 aliphatic rings. The normalized spacial score (nSPS) is 21.3. The van der Waals surface area contributed by atoms with E-state index in [9.17, 15) is 23.1 Å². The Morgan fingerprint density at radius 3 is 2.40 bits per heavy atom. The summed E-state index contributed by atoms with van der Waals surface area (Å²) < 4.78 is 34.0. The maximum Gasteiger partial charge on any atom is 0.407 e. The minimum Gasteiger partial charge on any atom is -0.480 e. The summed E-state index contributed by atoms with van der Waals surface area (Å²) in [5.41, 5.74) is -1.67. The molecule has 0 spiro atoms. The van der Waals surface area contributed by atoms with Gasteiger partial charge in [0.05, 0.1) is 6.61 Å². The molecule has 4 rings (SSSR count). The quantitative estimate of drug-likeness (QED) is 0.377. The van der Waals surface area contributed by atoms with Gasteiger partial charge in [-0.3, -0.25) is 4.79 Å². The molecule has 11 heteroatoms. The number of thiophene rings is 1. The largest absolute Gasteiger partial charge is 0.480 e. The van der Waals surface area contributed by atoms with Gasteiger partial charge >= 0.3 is 12.1 Å². The third kappa shape index (κ3) is 4.79. The molecular weight excluding hydrogens is 512 g/mol. The molecule has 0 radical (unpaired) electrons. The summed E-state index contributed by atoms with van der Waals surface area (Å²) in [5, 5.41) is 13.4. The minimum absolute atomic E-state index is 0.0183. The topological polar surface area (TPSA) is 122 Å². The Balaban J connectivity index is 1.66. The number of carboxylic acid groups (broad SMARTS) is 1. The lowest BCUT2D eigenvalue weighted by Crippen LogP contribution is -2.51. The number of carbonyl (C=O) groups is 2. The van der Waals surface area contributed by atoms with Gasteiger partial charge in [-0.2, -0.15) is 4.72 Å². The van der Waals surface area contributed by atoms with Crippen molar-refractivity contribution in [1.29, 1.82) is 0 Å². The zero-order valence-corrected chi connectivity index (χ0v) is 21.0. The number of alkyl carbamates (subject to hydrolysis) is 1. The van der Waals surface area contributed by atoms with Gasteiger partial charge in [0.15, 0.2) is 0 Å². The van der Waals surface area contributed by atoms with Crippen LogP contribution in [0.25, 0.3) is 10.4 Å². The lowest BCUT2D eigenvalue weighted by Gasteiger charge is -2.24. The number of hydrogen-bond acceptors (Lipinski definition) is 6. The Morgan fingerprint density at radius 2 is 1.77 bits per heavy atom. The number of halogens is 1. The van der Waals surface area contributed by atoms with E-state index < -0.39 is 33.0 Å². The fraction of sp³-hybridized carbons (Fsp3) is 0.250. The zero-order chi connectivity index (χ0) is 25.3. The molecule has 8 nitrogen and oxygen atoms in total. The predicted octanol–water partition coefficient (Wildman–Crippen LogP) is 4.26. The highest BCUT2D eigenvalue weighted by atomic mass is 35.5. The maximum atomic E-state index is 13.4. The molecule has 0 bridgehead atoms. The number of ether oxygens (including phenoxy) is 1. The molecule has 1 fully saturated rings. The second-order valence-corrected chi connectivity index (χ2v) is 11.6. The highest BCUT2D eigenvalue weighted by Gasteiger charge is 2.75. The SMILES string of the molecule is CCOC(=O)NCC1(c2ccccc2)CC1(NS(=O)(=O)c1ccc(-c2ccc(Cl)cc2)s1)C(=O)O. The van der Waals surface area contributed by atoms with E-state index in [1.54, 1.807) is 67.6 Å². The maximum absolute atomic E-state index is 13.4. The Kier molecular flexibility index (Phi) is 6.92. The van der Waals surface area contributed by atoms with Crippen LogP contribution in [0.4, 0.5) is 4.79 Å². The van der Waals surface area contributed by atoms with Gasteiger partial charge in [0, 0.05) is 21.9 Å². The fourth-order valence-electron chi connectivity index (χ4n) is 4.21. The number of carbonyl (C=O) groups excluding carboxylic acids is 1. The van der Waals surface area contributed by atoms with Crippen LogP contribution in [0.3, 0.4) is 0 Å². The number of amides is 1. The van der Waals surface area contributed by atoms with Gasteiger partial charge in [0.1, 0.15) is 9.75 Å². The van der Waals surface area contributed by atoms with Crippen molar-refractivity contribution in [2.75, 3.05) is 13.2 Å². The van der Waals surface area contributed by atoms with E-state index in [2.05, 4.69) is 10.0 Å². The number of sulfonamides is 1. The summed E-state index contributed by atoms with van der Waals surface area (Å²) in [7, 11) is -4.21. The predicted molar refractivity (Wildman–Crippen MR) is 133 cm³/mol. The third-order valence-electron chi connectivity index (χ3n) is 6.04. The summed E-state index contributed by atoms with van der Waals surface area (Å²) in [6, 6.07) is 18.7. The van der Waals surface area contributed by atoms with E-state index in [1.165, 1.54) is 6.07 Å². The molecule has 2 aromatic carbocycles. The van der Waals surface area contributed by atoms with E-state index >= 15 is 0 Å². The van der Waals surface area contributed by atoms with E-state index in [0.29, 0.717) is 15.5 Å². The van der Waals surface area contributed by atoms with Gasteiger partial charge in [0.2, 0.25) is 0 Å². The van der Waals surface area contributed by atoms with E-state index in [4.69, 9.17) is 16.3 Å². The summed E-state index contributed by atoms with van der Waals surface area (Å²) in [6.07, 6.45) is -0.747. The number of carboxylic acids is 1. The van der Waals surface area contributed by atoms with Crippen molar-refractivity contribution in [2.45, 2.75) is 28.5 Å². The lowest BCUT2D eigenvalue weighted by atomic mass is 9.90. The highest BCUT2D eigenvalue weighted by molar-refractivity contribution is 7.91. The van der Waals surface area contributed by atoms with Crippen LogP contribution in [-0.2, 0) is 25.0 Å². The molecule has 2 unspecified atom stereocenters. The van der Waals surface area contributed by atoms with Gasteiger partial charge in [-0.05, 0) is 48.7 Å². The Hall–Kier alpha value is -2.92. The van der Waals surface area contributed by atoms with Crippen LogP contribution < -0.4 is 10.0 Å². The first-order valence-electron chi connectivity index (χ1n) is 10.7. The second kappa shape index (κ2) is 9.62. The van der Waals surface area contributed by atoms with Crippen LogP contribution in [0.5, 0.6) is 0 Å². The Morgan fingerprint density at radius 1 is 1.09 bits per heavy atom. The molecule has 1 aromatic heterocycles. The van der Waals surface area contributed by atoms with Gasteiger partial charge in [-0.15, -0.1) is 11.3 Å². The van der Waals surface area contributed by atoms with Crippen molar-refractivity contribution in [2.24, 2.45) is 0 Å².